The molecule has 0 amide bonds. The fourth-order valence-corrected chi connectivity index (χ4v) is 1.01. The van der Waals surface area contributed by atoms with E-state index in [4.69, 9.17) is 28.9 Å². The van der Waals surface area contributed by atoms with Crippen LogP contribution in [0.3, 0.4) is 0 Å². The van der Waals surface area contributed by atoms with Gasteiger partial charge in [-0.3, -0.25) is 0 Å². The highest BCUT2D eigenvalue weighted by atomic mass is 35.5. The van der Waals surface area contributed by atoms with Crippen molar-refractivity contribution in [2.24, 2.45) is 5.73 Å². The molecule has 54 valence electrons. The molecule has 0 saturated heterocycles. The summed E-state index contributed by atoms with van der Waals surface area (Å²) in [6.45, 7) is 0.262. The monoisotopic (exact) mass is 177 g/mol. The van der Waals surface area contributed by atoms with Crippen molar-refractivity contribution in [3.05, 3.63) is 22.2 Å². The number of nitrogens with two attached hydrogens (primary N) is 1. The topological polar surface area (TPSA) is 51.8 Å². The first-order chi connectivity index (χ1) is 4.75. The molecule has 0 aromatic carbocycles. The van der Waals surface area contributed by atoms with Crippen molar-refractivity contribution in [1.29, 1.82) is 0 Å². The maximum absolute atomic E-state index is 5.61. The molecule has 0 spiro atoms. The van der Waals surface area contributed by atoms with Gasteiger partial charge in [-0.05, 0) is 0 Å². The van der Waals surface area contributed by atoms with Crippen molar-refractivity contribution < 1.29 is 0 Å². The van der Waals surface area contributed by atoms with Crippen LogP contribution in [0.1, 0.15) is 5.56 Å². The smallest absolute Gasteiger partial charge is 0.138 e. The van der Waals surface area contributed by atoms with Crippen LogP contribution >= 0.6 is 23.2 Å². The zero-order valence-electron chi connectivity index (χ0n) is 5.01. The Morgan fingerprint density at radius 2 is 1.80 bits per heavy atom. The van der Waals surface area contributed by atoms with Gasteiger partial charge in [0.15, 0.2) is 0 Å². The lowest BCUT2D eigenvalue weighted by Gasteiger charge is -1.98. The summed E-state index contributed by atoms with van der Waals surface area (Å²) < 4.78 is 0. The van der Waals surface area contributed by atoms with Crippen molar-refractivity contribution in [3.8, 4) is 0 Å². The molecule has 5 heteroatoms. The van der Waals surface area contributed by atoms with E-state index in [1.807, 2.05) is 0 Å². The molecule has 0 atom stereocenters. The minimum absolute atomic E-state index is 0.262. The maximum atomic E-state index is 5.61. The predicted molar refractivity (Wildman–Crippen MR) is 39.9 cm³/mol. The molecule has 0 saturated carbocycles. The molecule has 10 heavy (non-hydrogen) atoms. The molecule has 0 unspecified atom stereocenters. The third-order valence-corrected chi connectivity index (χ3v) is 1.70. The lowest BCUT2D eigenvalue weighted by Crippen LogP contribution is -2.00. The van der Waals surface area contributed by atoms with Gasteiger partial charge in [-0.25, -0.2) is 9.97 Å². The first kappa shape index (κ1) is 7.72. The van der Waals surface area contributed by atoms with Gasteiger partial charge in [0, 0.05) is 12.1 Å². The lowest BCUT2D eigenvalue weighted by atomic mass is 10.3. The van der Waals surface area contributed by atoms with Gasteiger partial charge in [-0.2, -0.15) is 0 Å². The molecule has 0 aliphatic rings. The molecule has 1 aromatic heterocycles. The van der Waals surface area contributed by atoms with Gasteiger partial charge in [0.1, 0.15) is 16.6 Å². The molecule has 1 rings (SSSR count). The summed E-state index contributed by atoms with van der Waals surface area (Å²) in [5.41, 5.74) is 5.89. The zero-order valence-corrected chi connectivity index (χ0v) is 6.52. The van der Waals surface area contributed by atoms with Crippen molar-refractivity contribution in [2.45, 2.75) is 6.54 Å². The van der Waals surface area contributed by atoms with Gasteiger partial charge in [0.25, 0.3) is 0 Å². The van der Waals surface area contributed by atoms with Gasteiger partial charge in [-0.15, -0.1) is 0 Å². The number of nitrogens with zero attached hydrogens (tertiary/aromatic N) is 2. The standard InChI is InChI=1S/C5H5Cl2N3/c6-4-3(1-8)5(7)10-2-9-4/h2H,1,8H2. The van der Waals surface area contributed by atoms with E-state index < -0.39 is 0 Å². The van der Waals surface area contributed by atoms with Crippen LogP contribution in [0.4, 0.5) is 0 Å². The molecule has 2 N–H and O–H groups in total. The van der Waals surface area contributed by atoms with E-state index in [0.717, 1.165) is 0 Å². The minimum atomic E-state index is 0.262. The zero-order chi connectivity index (χ0) is 7.56. The van der Waals surface area contributed by atoms with Crippen LogP contribution in [0, 0.1) is 0 Å². The number of halogens is 2. The molecule has 0 bridgehead atoms. The number of rotatable bonds is 1. The van der Waals surface area contributed by atoms with Gasteiger partial charge in [-0.1, -0.05) is 23.2 Å². The van der Waals surface area contributed by atoms with Crippen LogP contribution in [0.2, 0.25) is 10.3 Å². The van der Waals surface area contributed by atoms with Crippen molar-refractivity contribution in [2.75, 3.05) is 0 Å². The van der Waals surface area contributed by atoms with E-state index in [0.29, 0.717) is 15.9 Å². The fourth-order valence-electron chi connectivity index (χ4n) is 0.540. The minimum Gasteiger partial charge on any atom is -0.326 e. The second kappa shape index (κ2) is 3.14. The van der Waals surface area contributed by atoms with Crippen LogP contribution in [0.25, 0.3) is 0 Å². The second-order valence-corrected chi connectivity index (χ2v) is 2.35. The summed E-state index contributed by atoms with van der Waals surface area (Å²) in [4.78, 5) is 7.40. The van der Waals surface area contributed by atoms with E-state index in [1.165, 1.54) is 6.33 Å². The highest BCUT2D eigenvalue weighted by Gasteiger charge is 2.03. The summed E-state index contributed by atoms with van der Waals surface area (Å²) >= 11 is 11.2. The molecule has 0 fully saturated rings. The quantitative estimate of drug-likeness (QED) is 0.658. The first-order valence-corrected chi connectivity index (χ1v) is 3.36. The average Bonchev–Trinajstić information content (AvgIpc) is 1.88. The SMILES string of the molecule is NCc1c(Cl)ncnc1Cl. The van der Waals surface area contributed by atoms with Gasteiger partial charge in [0.05, 0.1) is 0 Å². The Balaban J connectivity index is 3.17. The van der Waals surface area contributed by atoms with Crippen molar-refractivity contribution in [1.82, 2.24) is 9.97 Å². The van der Waals surface area contributed by atoms with E-state index in [1.54, 1.807) is 0 Å². The lowest BCUT2D eigenvalue weighted by molar-refractivity contribution is 1.01. The number of aromatic nitrogens is 2. The Morgan fingerprint density at radius 3 is 2.10 bits per heavy atom. The van der Waals surface area contributed by atoms with Crippen LogP contribution in [0.5, 0.6) is 0 Å². The van der Waals surface area contributed by atoms with Crippen LogP contribution in [0.15, 0.2) is 6.33 Å². The first-order valence-electron chi connectivity index (χ1n) is 2.60. The van der Waals surface area contributed by atoms with E-state index >= 15 is 0 Å². The van der Waals surface area contributed by atoms with Gasteiger partial charge >= 0.3 is 0 Å². The average molecular weight is 178 g/mol. The number of hydrogen-bond donors (Lipinski definition) is 1. The highest BCUT2D eigenvalue weighted by Crippen LogP contribution is 2.17. The summed E-state index contributed by atoms with van der Waals surface area (Å²) in [5, 5.41) is 0.644. The predicted octanol–water partition coefficient (Wildman–Crippen LogP) is 1.24. The Hall–Kier alpha value is -0.380. The summed E-state index contributed by atoms with van der Waals surface area (Å²) in [5.74, 6) is 0. The summed E-state index contributed by atoms with van der Waals surface area (Å²) in [6.07, 6.45) is 1.30. The van der Waals surface area contributed by atoms with E-state index in [-0.39, 0.29) is 6.54 Å². The van der Waals surface area contributed by atoms with Crippen molar-refractivity contribution in [3.63, 3.8) is 0 Å². The third kappa shape index (κ3) is 1.37. The Kier molecular flexibility index (Phi) is 2.43. The molecule has 0 aliphatic carbocycles. The van der Waals surface area contributed by atoms with Crippen molar-refractivity contribution >= 4 is 23.2 Å². The van der Waals surface area contributed by atoms with Crippen LogP contribution in [-0.2, 0) is 6.54 Å². The molecular formula is C5H5Cl2N3. The molecule has 0 aliphatic heterocycles. The molecule has 0 radical (unpaired) electrons. The fraction of sp³-hybridized carbons (Fsp3) is 0.200. The largest absolute Gasteiger partial charge is 0.326 e. The Bertz CT molecular complexity index is 218. The van der Waals surface area contributed by atoms with Gasteiger partial charge < -0.3 is 5.73 Å². The normalized spacial score (nSPS) is 9.90. The second-order valence-electron chi connectivity index (χ2n) is 1.64. The third-order valence-electron chi connectivity index (χ3n) is 1.04. The molecule has 3 nitrogen and oxygen atoms in total. The molecular weight excluding hydrogens is 173 g/mol. The Morgan fingerprint density at radius 1 is 1.30 bits per heavy atom. The number of hydrogen-bond acceptors (Lipinski definition) is 3. The summed E-state index contributed by atoms with van der Waals surface area (Å²) in [6, 6.07) is 0. The van der Waals surface area contributed by atoms with Gasteiger partial charge in [0.2, 0.25) is 0 Å². The van der Waals surface area contributed by atoms with Crippen LogP contribution < -0.4 is 5.73 Å². The Labute approximate surface area is 68.2 Å². The summed E-state index contributed by atoms with van der Waals surface area (Å²) in [7, 11) is 0. The highest BCUT2D eigenvalue weighted by molar-refractivity contribution is 6.34. The van der Waals surface area contributed by atoms with Crippen LogP contribution in [-0.4, -0.2) is 9.97 Å². The molecule has 1 aromatic rings. The van der Waals surface area contributed by atoms with E-state index in [9.17, 15) is 0 Å². The molecule has 1 heterocycles. The maximum Gasteiger partial charge on any atom is 0.138 e. The van der Waals surface area contributed by atoms with E-state index in [2.05, 4.69) is 9.97 Å².